The molecule has 0 saturated carbocycles. The van der Waals surface area contributed by atoms with E-state index in [0.717, 1.165) is 18.5 Å². The average molecular weight is 316 g/mol. The first kappa shape index (κ1) is 16.3. The summed E-state index contributed by atoms with van der Waals surface area (Å²) < 4.78 is 0. The third-order valence-electron chi connectivity index (χ3n) is 5.50. The largest absolute Gasteiger partial charge is 0.335 e. The Labute approximate surface area is 139 Å². The molecule has 0 aliphatic carbocycles. The molecule has 4 heteroatoms. The van der Waals surface area contributed by atoms with Gasteiger partial charge in [-0.2, -0.15) is 0 Å². The minimum Gasteiger partial charge on any atom is -0.335 e. The molecule has 2 fully saturated rings. The fourth-order valence-corrected chi connectivity index (χ4v) is 4.62. The molecule has 0 spiro atoms. The van der Waals surface area contributed by atoms with Crippen LogP contribution in [0.1, 0.15) is 51.5 Å². The summed E-state index contributed by atoms with van der Waals surface area (Å²) in [4.78, 5) is 14.0. The molecule has 23 heavy (non-hydrogen) atoms. The number of urea groups is 1. The summed E-state index contributed by atoms with van der Waals surface area (Å²) >= 11 is 0. The molecule has 1 aromatic carbocycles. The van der Waals surface area contributed by atoms with Crippen molar-refractivity contribution >= 4 is 11.7 Å². The van der Waals surface area contributed by atoms with Gasteiger partial charge in [0.05, 0.1) is 18.1 Å². The first-order valence-electron chi connectivity index (χ1n) is 9.03. The Morgan fingerprint density at radius 2 is 1.74 bits per heavy atom. The van der Waals surface area contributed by atoms with Gasteiger partial charge in [-0.1, -0.05) is 17.7 Å². The fourth-order valence-electron chi connectivity index (χ4n) is 4.62. The molecule has 0 aromatic heterocycles. The standard InChI is InChI=1S/C19H29N3O/c1-13(2)22-17-5-4-6-18(22)12-16(11-17)21-19(23)20-15-9-7-14(3)8-10-15/h7-10,13,16-18H,4-6,11-12H2,1-3H3,(H2,20,21,23)/p+1/t16?,17-,18+. The summed E-state index contributed by atoms with van der Waals surface area (Å²) in [6.07, 6.45) is 6.20. The molecule has 3 rings (SSSR count). The molecule has 3 N–H and O–H groups in total. The second kappa shape index (κ2) is 6.91. The highest BCUT2D eigenvalue weighted by Gasteiger charge is 2.43. The van der Waals surface area contributed by atoms with Crippen molar-refractivity contribution in [2.24, 2.45) is 0 Å². The molecule has 126 valence electrons. The average Bonchev–Trinajstić information content (AvgIpc) is 2.48. The Morgan fingerprint density at radius 3 is 2.30 bits per heavy atom. The zero-order valence-electron chi connectivity index (χ0n) is 14.6. The summed E-state index contributed by atoms with van der Waals surface area (Å²) in [5.41, 5.74) is 2.06. The number of hydrogen-bond donors (Lipinski definition) is 3. The highest BCUT2D eigenvalue weighted by atomic mass is 16.2. The monoisotopic (exact) mass is 316 g/mol. The van der Waals surface area contributed by atoms with E-state index >= 15 is 0 Å². The Kier molecular flexibility index (Phi) is 4.90. The molecule has 4 nitrogen and oxygen atoms in total. The van der Waals surface area contributed by atoms with Crippen molar-refractivity contribution in [3.05, 3.63) is 29.8 Å². The number of nitrogens with one attached hydrogen (secondary N) is 3. The van der Waals surface area contributed by atoms with Crippen molar-refractivity contribution in [1.82, 2.24) is 5.32 Å². The molecule has 2 aliphatic heterocycles. The van der Waals surface area contributed by atoms with Gasteiger partial charge in [0.25, 0.3) is 0 Å². The number of amides is 2. The Morgan fingerprint density at radius 1 is 1.13 bits per heavy atom. The van der Waals surface area contributed by atoms with Crippen molar-refractivity contribution in [2.75, 3.05) is 5.32 Å². The number of quaternary nitrogens is 1. The second-order valence-electron chi connectivity index (χ2n) is 7.61. The van der Waals surface area contributed by atoms with Crippen LogP contribution in [0.3, 0.4) is 0 Å². The van der Waals surface area contributed by atoms with Crippen LogP contribution in [0.2, 0.25) is 0 Å². The van der Waals surface area contributed by atoms with Gasteiger partial charge in [-0.15, -0.1) is 0 Å². The summed E-state index contributed by atoms with van der Waals surface area (Å²) in [7, 11) is 0. The maximum atomic E-state index is 12.3. The number of piperidine rings is 2. The SMILES string of the molecule is Cc1ccc(NC(=O)NC2C[C@H]3CCC[C@@H](C2)[NH+]3C(C)C)cc1. The van der Waals surface area contributed by atoms with Crippen molar-refractivity contribution in [3.8, 4) is 0 Å². The van der Waals surface area contributed by atoms with Crippen LogP contribution in [0.5, 0.6) is 0 Å². The van der Waals surface area contributed by atoms with Gasteiger partial charge in [-0.3, -0.25) is 0 Å². The second-order valence-corrected chi connectivity index (χ2v) is 7.61. The zero-order valence-corrected chi connectivity index (χ0v) is 14.6. The maximum absolute atomic E-state index is 12.3. The fraction of sp³-hybridized carbons (Fsp3) is 0.632. The van der Waals surface area contributed by atoms with Crippen molar-refractivity contribution < 1.29 is 9.69 Å². The topological polar surface area (TPSA) is 45.6 Å². The van der Waals surface area contributed by atoms with Gasteiger partial charge >= 0.3 is 6.03 Å². The first-order chi connectivity index (χ1) is 11.0. The Bertz CT molecular complexity index is 526. The summed E-state index contributed by atoms with van der Waals surface area (Å²) in [5, 5.41) is 6.17. The number of carbonyl (C=O) groups is 1. The van der Waals surface area contributed by atoms with Crippen LogP contribution in [-0.2, 0) is 0 Å². The van der Waals surface area contributed by atoms with E-state index in [4.69, 9.17) is 0 Å². The molecule has 2 heterocycles. The first-order valence-corrected chi connectivity index (χ1v) is 9.03. The third kappa shape index (κ3) is 3.86. The number of aryl methyl sites for hydroxylation is 1. The summed E-state index contributed by atoms with van der Waals surface area (Å²) in [6.45, 7) is 6.71. The van der Waals surface area contributed by atoms with E-state index in [0.29, 0.717) is 24.2 Å². The van der Waals surface area contributed by atoms with Crippen LogP contribution in [0, 0.1) is 6.92 Å². The summed E-state index contributed by atoms with van der Waals surface area (Å²) in [5.74, 6) is 0. The number of benzene rings is 1. The molecule has 2 saturated heterocycles. The van der Waals surface area contributed by atoms with Crippen molar-refractivity contribution in [3.63, 3.8) is 0 Å². The van der Waals surface area contributed by atoms with E-state index in [1.54, 1.807) is 4.90 Å². The van der Waals surface area contributed by atoms with Crippen LogP contribution < -0.4 is 15.5 Å². The lowest BCUT2D eigenvalue weighted by molar-refractivity contribution is -0.980. The van der Waals surface area contributed by atoms with E-state index in [9.17, 15) is 4.79 Å². The lowest BCUT2D eigenvalue weighted by Crippen LogP contribution is -3.23. The normalized spacial score (nSPS) is 30.1. The molecule has 2 aliphatic rings. The summed E-state index contributed by atoms with van der Waals surface area (Å²) in [6, 6.07) is 10.3. The molecule has 2 amide bonds. The molecular weight excluding hydrogens is 286 g/mol. The Balaban J connectivity index is 1.56. The van der Waals surface area contributed by atoms with Gasteiger partial charge in [0, 0.05) is 24.6 Å². The Hall–Kier alpha value is -1.55. The van der Waals surface area contributed by atoms with Crippen molar-refractivity contribution in [1.29, 1.82) is 0 Å². The van der Waals surface area contributed by atoms with Crippen LogP contribution in [0.25, 0.3) is 0 Å². The number of hydrogen-bond acceptors (Lipinski definition) is 1. The van der Waals surface area contributed by atoms with Crippen molar-refractivity contribution in [2.45, 2.75) is 77.0 Å². The number of anilines is 1. The van der Waals surface area contributed by atoms with E-state index < -0.39 is 0 Å². The van der Waals surface area contributed by atoms with E-state index in [1.165, 1.54) is 24.8 Å². The van der Waals surface area contributed by atoms with Gasteiger partial charge in [0.2, 0.25) is 0 Å². The van der Waals surface area contributed by atoms with Gasteiger partial charge in [-0.05, 0) is 52.2 Å². The molecule has 0 radical (unpaired) electrons. The lowest BCUT2D eigenvalue weighted by atomic mass is 9.81. The number of fused-ring (bicyclic) bond motifs is 2. The molecular formula is C19H30N3O+. The molecule has 1 aromatic rings. The van der Waals surface area contributed by atoms with Crippen LogP contribution in [-0.4, -0.2) is 30.2 Å². The van der Waals surface area contributed by atoms with Gasteiger partial charge in [0.1, 0.15) is 0 Å². The number of carbonyl (C=O) groups excluding carboxylic acids is 1. The highest BCUT2D eigenvalue weighted by molar-refractivity contribution is 5.89. The number of rotatable bonds is 3. The predicted molar refractivity (Wildman–Crippen MR) is 93.9 cm³/mol. The minimum absolute atomic E-state index is 0.0649. The maximum Gasteiger partial charge on any atom is 0.319 e. The molecule has 2 bridgehead atoms. The molecule has 2 unspecified atom stereocenters. The lowest BCUT2D eigenvalue weighted by Gasteiger charge is -2.47. The predicted octanol–water partition coefficient (Wildman–Crippen LogP) is 2.49. The quantitative estimate of drug-likeness (QED) is 0.788. The highest BCUT2D eigenvalue weighted by Crippen LogP contribution is 2.23. The van der Waals surface area contributed by atoms with Gasteiger partial charge < -0.3 is 15.5 Å². The zero-order chi connectivity index (χ0) is 16.4. The van der Waals surface area contributed by atoms with Crippen LogP contribution in [0.15, 0.2) is 24.3 Å². The van der Waals surface area contributed by atoms with E-state index in [2.05, 4.69) is 24.5 Å². The van der Waals surface area contributed by atoms with Crippen LogP contribution >= 0.6 is 0 Å². The minimum atomic E-state index is -0.0649. The smallest absolute Gasteiger partial charge is 0.319 e. The van der Waals surface area contributed by atoms with Gasteiger partial charge in [0.15, 0.2) is 0 Å². The van der Waals surface area contributed by atoms with E-state index in [1.807, 2.05) is 31.2 Å². The van der Waals surface area contributed by atoms with Crippen LogP contribution in [0.4, 0.5) is 10.5 Å². The molecule has 4 atom stereocenters. The van der Waals surface area contributed by atoms with E-state index in [-0.39, 0.29) is 6.03 Å². The van der Waals surface area contributed by atoms with Gasteiger partial charge in [-0.25, -0.2) is 4.79 Å². The third-order valence-corrected chi connectivity index (χ3v) is 5.50.